The van der Waals surface area contributed by atoms with Crippen molar-refractivity contribution < 1.29 is 23.1 Å². The molecule has 0 aliphatic heterocycles. The highest BCUT2D eigenvalue weighted by Gasteiger charge is 2.18. The largest absolute Gasteiger partial charge is 0.475 e. The van der Waals surface area contributed by atoms with Crippen molar-refractivity contribution in [3.05, 3.63) is 53.2 Å². The van der Waals surface area contributed by atoms with Gasteiger partial charge in [-0.25, -0.2) is 18.6 Å². The maximum absolute atomic E-state index is 13.6. The molecule has 1 N–H and O–H groups in total. The van der Waals surface area contributed by atoms with E-state index in [-0.39, 0.29) is 18.2 Å². The molecule has 3 aromatic rings. The van der Waals surface area contributed by atoms with Crippen LogP contribution in [-0.2, 0) is 6.54 Å². The number of aromatic carboxylic acids is 1. The second kappa shape index (κ2) is 5.49. The van der Waals surface area contributed by atoms with Gasteiger partial charge in [-0.1, -0.05) is 13.8 Å². The van der Waals surface area contributed by atoms with Crippen LogP contribution in [0.5, 0.6) is 0 Å². The Morgan fingerprint density at radius 1 is 1.30 bits per heavy atom. The molecule has 0 amide bonds. The number of hydrogen-bond donors (Lipinski definition) is 1. The number of carboxylic acids is 1. The van der Waals surface area contributed by atoms with Crippen LogP contribution in [0.4, 0.5) is 8.78 Å². The van der Waals surface area contributed by atoms with Gasteiger partial charge in [-0.3, -0.25) is 0 Å². The van der Waals surface area contributed by atoms with Crippen LogP contribution in [-0.4, -0.2) is 20.6 Å². The summed E-state index contributed by atoms with van der Waals surface area (Å²) in [6, 6.07) is 5.04. The number of benzene rings is 1. The van der Waals surface area contributed by atoms with Crippen LogP contribution in [0, 0.1) is 11.6 Å². The van der Waals surface area contributed by atoms with Crippen LogP contribution in [0.3, 0.4) is 0 Å². The lowest BCUT2D eigenvalue weighted by molar-refractivity contribution is 0.0660. The van der Waals surface area contributed by atoms with E-state index in [1.54, 1.807) is 10.6 Å². The summed E-state index contributed by atoms with van der Waals surface area (Å²) in [7, 11) is 0. The monoisotopic (exact) mass is 320 g/mol. The standard InChI is InChI=1S/C16H14F2N2O3/c1-8(2)15-19-12-5-10(17)11(18)6-13(12)20(15)7-9-3-4-14(23-9)16(21)22/h3-6,8H,7H2,1-2H3,(H,21,22). The highest BCUT2D eigenvalue weighted by molar-refractivity contribution is 5.84. The van der Waals surface area contributed by atoms with Crippen molar-refractivity contribution >= 4 is 17.0 Å². The van der Waals surface area contributed by atoms with E-state index in [1.807, 2.05) is 13.8 Å². The molecule has 2 aromatic heterocycles. The van der Waals surface area contributed by atoms with E-state index >= 15 is 0 Å². The molecule has 0 atom stereocenters. The first-order chi connectivity index (χ1) is 10.9. The number of rotatable bonds is 4. The van der Waals surface area contributed by atoms with Gasteiger partial charge in [0.2, 0.25) is 5.76 Å². The van der Waals surface area contributed by atoms with Crippen LogP contribution in [0.15, 0.2) is 28.7 Å². The molecular weight excluding hydrogens is 306 g/mol. The lowest BCUT2D eigenvalue weighted by Crippen LogP contribution is -2.06. The Bertz CT molecular complexity index is 896. The van der Waals surface area contributed by atoms with E-state index in [4.69, 9.17) is 9.52 Å². The van der Waals surface area contributed by atoms with Crippen molar-refractivity contribution in [1.82, 2.24) is 9.55 Å². The van der Waals surface area contributed by atoms with Gasteiger partial charge in [-0.15, -0.1) is 0 Å². The van der Waals surface area contributed by atoms with Gasteiger partial charge in [0, 0.05) is 18.1 Å². The van der Waals surface area contributed by atoms with E-state index < -0.39 is 17.6 Å². The summed E-state index contributed by atoms with van der Waals surface area (Å²) >= 11 is 0. The van der Waals surface area contributed by atoms with E-state index in [2.05, 4.69) is 4.98 Å². The van der Waals surface area contributed by atoms with Gasteiger partial charge in [0.1, 0.15) is 11.6 Å². The lowest BCUT2D eigenvalue weighted by atomic mass is 10.2. The second-order valence-electron chi connectivity index (χ2n) is 5.54. The Hall–Kier alpha value is -2.70. The zero-order chi connectivity index (χ0) is 16.7. The summed E-state index contributed by atoms with van der Waals surface area (Å²) in [5.74, 6) is -2.20. The molecule has 0 aliphatic rings. The molecule has 0 bridgehead atoms. The van der Waals surface area contributed by atoms with Crippen LogP contribution in [0.1, 0.15) is 41.9 Å². The van der Waals surface area contributed by atoms with Crippen molar-refractivity contribution in [2.24, 2.45) is 0 Å². The Labute approximate surface area is 130 Å². The molecule has 5 nitrogen and oxygen atoms in total. The minimum Gasteiger partial charge on any atom is -0.475 e. The molecule has 0 saturated carbocycles. The maximum atomic E-state index is 13.6. The van der Waals surface area contributed by atoms with Crippen molar-refractivity contribution in [1.29, 1.82) is 0 Å². The van der Waals surface area contributed by atoms with Gasteiger partial charge in [0.25, 0.3) is 0 Å². The molecule has 1 aromatic carbocycles. The average molecular weight is 320 g/mol. The fourth-order valence-electron chi connectivity index (χ4n) is 2.48. The molecule has 0 unspecified atom stereocenters. The first-order valence-electron chi connectivity index (χ1n) is 7.04. The van der Waals surface area contributed by atoms with Crippen molar-refractivity contribution in [2.45, 2.75) is 26.3 Å². The van der Waals surface area contributed by atoms with E-state index in [9.17, 15) is 13.6 Å². The summed E-state index contributed by atoms with van der Waals surface area (Å²) < 4.78 is 33.9. The van der Waals surface area contributed by atoms with E-state index in [1.165, 1.54) is 6.07 Å². The molecule has 23 heavy (non-hydrogen) atoms. The van der Waals surface area contributed by atoms with Crippen molar-refractivity contribution in [3.63, 3.8) is 0 Å². The van der Waals surface area contributed by atoms with Gasteiger partial charge in [-0.05, 0) is 12.1 Å². The zero-order valence-corrected chi connectivity index (χ0v) is 12.5. The Morgan fingerprint density at radius 3 is 2.61 bits per heavy atom. The molecule has 2 heterocycles. The number of aromatic nitrogens is 2. The average Bonchev–Trinajstić information content (AvgIpc) is 3.06. The van der Waals surface area contributed by atoms with Gasteiger partial charge in [-0.2, -0.15) is 0 Å². The van der Waals surface area contributed by atoms with Crippen LogP contribution in [0.2, 0.25) is 0 Å². The van der Waals surface area contributed by atoms with Crippen LogP contribution >= 0.6 is 0 Å². The normalized spacial score (nSPS) is 11.5. The number of carboxylic acid groups (broad SMARTS) is 1. The summed E-state index contributed by atoms with van der Waals surface area (Å²) in [4.78, 5) is 15.2. The van der Waals surface area contributed by atoms with Crippen molar-refractivity contribution in [3.8, 4) is 0 Å². The Morgan fingerprint density at radius 2 is 2.00 bits per heavy atom. The summed E-state index contributed by atoms with van der Waals surface area (Å²) in [6.45, 7) is 4.01. The Balaban J connectivity index is 2.11. The molecule has 0 fully saturated rings. The number of nitrogens with zero attached hydrogens (tertiary/aromatic N) is 2. The topological polar surface area (TPSA) is 68.3 Å². The minimum atomic E-state index is -1.16. The molecule has 120 valence electrons. The van der Waals surface area contributed by atoms with Gasteiger partial charge >= 0.3 is 5.97 Å². The minimum absolute atomic E-state index is 0.0161. The molecule has 0 saturated heterocycles. The van der Waals surface area contributed by atoms with Gasteiger partial charge in [0.05, 0.1) is 17.6 Å². The molecule has 3 rings (SSSR count). The van der Waals surface area contributed by atoms with E-state index in [0.29, 0.717) is 22.6 Å². The summed E-state index contributed by atoms with van der Waals surface area (Å²) in [6.07, 6.45) is 0. The Kier molecular flexibility index (Phi) is 3.63. The summed E-state index contributed by atoms with van der Waals surface area (Å²) in [5, 5.41) is 8.90. The smallest absolute Gasteiger partial charge is 0.371 e. The molecular formula is C16H14F2N2O3. The number of furan rings is 1. The molecule has 7 heteroatoms. The quantitative estimate of drug-likeness (QED) is 0.794. The zero-order valence-electron chi connectivity index (χ0n) is 12.5. The predicted octanol–water partition coefficient (Wildman–Crippen LogP) is 3.78. The fraction of sp³-hybridized carbons (Fsp3) is 0.250. The fourth-order valence-corrected chi connectivity index (χ4v) is 2.48. The maximum Gasteiger partial charge on any atom is 0.371 e. The number of hydrogen-bond acceptors (Lipinski definition) is 3. The van der Waals surface area contributed by atoms with Crippen molar-refractivity contribution in [2.75, 3.05) is 0 Å². The second-order valence-corrected chi connectivity index (χ2v) is 5.54. The molecule has 0 spiro atoms. The number of carbonyl (C=O) groups is 1. The first-order valence-corrected chi connectivity index (χ1v) is 7.04. The highest BCUT2D eigenvalue weighted by Crippen LogP contribution is 2.25. The third kappa shape index (κ3) is 2.69. The number of halogens is 2. The van der Waals surface area contributed by atoms with Gasteiger partial charge in [0.15, 0.2) is 11.6 Å². The third-order valence-corrected chi connectivity index (χ3v) is 3.52. The van der Waals surface area contributed by atoms with E-state index in [0.717, 1.165) is 12.1 Å². The summed E-state index contributed by atoms with van der Waals surface area (Å²) in [5.41, 5.74) is 0.776. The molecule has 0 radical (unpaired) electrons. The predicted molar refractivity (Wildman–Crippen MR) is 78.5 cm³/mol. The van der Waals surface area contributed by atoms with Crippen LogP contribution < -0.4 is 0 Å². The SMILES string of the molecule is CC(C)c1nc2cc(F)c(F)cc2n1Cc1ccc(C(=O)O)o1. The number of imidazole rings is 1. The van der Waals surface area contributed by atoms with Gasteiger partial charge < -0.3 is 14.1 Å². The third-order valence-electron chi connectivity index (χ3n) is 3.52. The molecule has 0 aliphatic carbocycles. The first kappa shape index (κ1) is 15.2. The van der Waals surface area contributed by atoms with Crippen LogP contribution in [0.25, 0.3) is 11.0 Å². The highest BCUT2D eigenvalue weighted by atomic mass is 19.2. The number of fused-ring (bicyclic) bond motifs is 1. The lowest BCUT2D eigenvalue weighted by Gasteiger charge is -2.10.